The molecule has 0 unspecified atom stereocenters. The molecular formula is C10H5F3N2O4. The Bertz CT molecular complexity index is 690. The maximum absolute atomic E-state index is 12.8. The van der Waals surface area contributed by atoms with E-state index < -0.39 is 39.5 Å². The first-order valence-electron chi connectivity index (χ1n) is 4.82. The van der Waals surface area contributed by atoms with Gasteiger partial charge in [-0.1, -0.05) is 0 Å². The molecule has 1 aromatic heterocycles. The van der Waals surface area contributed by atoms with Gasteiger partial charge in [-0.05, 0) is 6.07 Å². The number of nitrogens with zero attached hydrogens (tertiary/aromatic N) is 1. The number of H-pyrrole nitrogens is 1. The summed E-state index contributed by atoms with van der Waals surface area (Å²) in [6.07, 6.45) is -4.83. The number of fused-ring (bicyclic) bond motifs is 1. The zero-order chi connectivity index (χ0) is 14.4. The van der Waals surface area contributed by atoms with Crippen LogP contribution in [0.5, 0.6) is 0 Å². The van der Waals surface area contributed by atoms with Crippen LogP contribution in [0.4, 0.5) is 18.9 Å². The number of hydrogen-bond acceptors (Lipinski definition) is 3. The highest BCUT2D eigenvalue weighted by molar-refractivity contribution is 5.95. The first-order chi connectivity index (χ1) is 8.70. The number of carboxylic acid groups (broad SMARTS) is 1. The zero-order valence-electron chi connectivity index (χ0n) is 8.99. The van der Waals surface area contributed by atoms with E-state index in [1.54, 1.807) is 0 Å². The average Bonchev–Trinajstić information content (AvgIpc) is 2.69. The second-order valence-electron chi connectivity index (χ2n) is 3.70. The molecule has 0 saturated heterocycles. The normalized spacial score (nSPS) is 11.7. The molecule has 0 radical (unpaired) electrons. The lowest BCUT2D eigenvalue weighted by Gasteiger charge is -2.07. The van der Waals surface area contributed by atoms with Crippen molar-refractivity contribution in [3.05, 3.63) is 39.6 Å². The van der Waals surface area contributed by atoms with Gasteiger partial charge in [0, 0.05) is 17.5 Å². The van der Waals surface area contributed by atoms with E-state index in [9.17, 15) is 28.1 Å². The Hall–Kier alpha value is -2.58. The van der Waals surface area contributed by atoms with Gasteiger partial charge in [-0.2, -0.15) is 13.2 Å². The number of nitro groups is 1. The van der Waals surface area contributed by atoms with Gasteiger partial charge in [-0.3, -0.25) is 10.1 Å². The van der Waals surface area contributed by atoms with Gasteiger partial charge in [-0.15, -0.1) is 0 Å². The molecular weight excluding hydrogens is 269 g/mol. The Balaban J connectivity index is 2.82. The van der Waals surface area contributed by atoms with Crippen molar-refractivity contribution in [3.8, 4) is 0 Å². The molecule has 0 fully saturated rings. The van der Waals surface area contributed by atoms with Crippen LogP contribution in [-0.2, 0) is 6.18 Å². The molecule has 0 aliphatic rings. The number of aromatic nitrogens is 1. The Kier molecular flexibility index (Phi) is 2.69. The molecule has 100 valence electrons. The fraction of sp³-hybridized carbons (Fsp3) is 0.100. The summed E-state index contributed by atoms with van der Waals surface area (Å²) in [6.45, 7) is 0. The second-order valence-corrected chi connectivity index (χ2v) is 3.70. The third-order valence-corrected chi connectivity index (χ3v) is 2.46. The molecule has 2 N–H and O–H groups in total. The van der Waals surface area contributed by atoms with E-state index in [0.29, 0.717) is 6.07 Å². The van der Waals surface area contributed by atoms with Crippen LogP contribution in [0.2, 0.25) is 0 Å². The number of carbonyl (C=O) groups is 1. The van der Waals surface area contributed by atoms with Crippen molar-refractivity contribution in [3.63, 3.8) is 0 Å². The molecule has 19 heavy (non-hydrogen) atoms. The Morgan fingerprint density at radius 1 is 1.32 bits per heavy atom. The number of non-ortho nitro benzene ring substituents is 1. The fourth-order valence-corrected chi connectivity index (χ4v) is 1.67. The van der Waals surface area contributed by atoms with E-state index in [4.69, 9.17) is 5.11 Å². The number of alkyl halides is 3. The minimum Gasteiger partial charge on any atom is -0.477 e. The maximum Gasteiger partial charge on any atom is 0.418 e. The van der Waals surface area contributed by atoms with Crippen molar-refractivity contribution < 1.29 is 28.0 Å². The average molecular weight is 274 g/mol. The molecule has 0 aliphatic heterocycles. The minimum atomic E-state index is -4.83. The van der Waals surface area contributed by atoms with Crippen LogP contribution in [0.25, 0.3) is 10.9 Å². The second kappa shape index (κ2) is 3.97. The number of aromatic amines is 1. The molecule has 0 aliphatic carbocycles. The van der Waals surface area contributed by atoms with Gasteiger partial charge in [0.15, 0.2) is 0 Å². The summed E-state index contributed by atoms with van der Waals surface area (Å²) in [5, 5.41) is 19.1. The quantitative estimate of drug-likeness (QED) is 0.650. The maximum atomic E-state index is 12.8. The van der Waals surface area contributed by atoms with Gasteiger partial charge < -0.3 is 10.1 Å². The van der Waals surface area contributed by atoms with Gasteiger partial charge in [0.1, 0.15) is 5.69 Å². The van der Waals surface area contributed by atoms with Crippen molar-refractivity contribution in [2.75, 3.05) is 0 Å². The summed E-state index contributed by atoms with van der Waals surface area (Å²) in [6, 6.07) is 2.16. The number of hydrogen-bond donors (Lipinski definition) is 2. The van der Waals surface area contributed by atoms with E-state index in [-0.39, 0.29) is 5.39 Å². The van der Waals surface area contributed by atoms with E-state index in [2.05, 4.69) is 4.98 Å². The van der Waals surface area contributed by atoms with Gasteiger partial charge in [-0.25, -0.2) is 4.79 Å². The van der Waals surface area contributed by atoms with E-state index >= 15 is 0 Å². The number of carboxylic acids is 1. The molecule has 2 rings (SSSR count). The fourth-order valence-electron chi connectivity index (χ4n) is 1.67. The number of halogens is 3. The molecule has 2 aromatic rings. The first-order valence-corrected chi connectivity index (χ1v) is 4.82. The van der Waals surface area contributed by atoms with Crippen LogP contribution in [0.1, 0.15) is 16.1 Å². The topological polar surface area (TPSA) is 96.2 Å². The van der Waals surface area contributed by atoms with E-state index in [1.807, 2.05) is 0 Å². The van der Waals surface area contributed by atoms with Crippen LogP contribution in [0.3, 0.4) is 0 Å². The summed E-state index contributed by atoms with van der Waals surface area (Å²) >= 11 is 0. The van der Waals surface area contributed by atoms with Crippen LogP contribution in [0.15, 0.2) is 18.2 Å². The SMILES string of the molecule is O=C(O)c1cc2cc([N+](=O)[O-])cc(C(F)(F)F)c2[nH]1. The van der Waals surface area contributed by atoms with Gasteiger partial charge in [0.25, 0.3) is 5.69 Å². The molecule has 0 amide bonds. The number of nitro benzene ring substituents is 1. The molecule has 0 saturated carbocycles. The molecule has 9 heteroatoms. The monoisotopic (exact) mass is 274 g/mol. The third kappa shape index (κ3) is 2.21. The molecule has 0 spiro atoms. The summed E-state index contributed by atoms with van der Waals surface area (Å²) in [7, 11) is 0. The predicted octanol–water partition coefficient (Wildman–Crippen LogP) is 2.79. The molecule has 1 aromatic carbocycles. The Morgan fingerprint density at radius 3 is 2.42 bits per heavy atom. The number of nitrogens with one attached hydrogen (secondary N) is 1. The van der Waals surface area contributed by atoms with Crippen LogP contribution >= 0.6 is 0 Å². The highest BCUT2D eigenvalue weighted by Gasteiger charge is 2.35. The van der Waals surface area contributed by atoms with Crippen molar-refractivity contribution in [2.24, 2.45) is 0 Å². The Labute approximate surface area is 102 Å². The van der Waals surface area contributed by atoms with Crippen molar-refractivity contribution in [2.45, 2.75) is 6.18 Å². The van der Waals surface area contributed by atoms with Gasteiger partial charge in [0.05, 0.1) is 16.0 Å². The first kappa shape index (κ1) is 12.9. The largest absolute Gasteiger partial charge is 0.477 e. The molecule has 1 heterocycles. The van der Waals surface area contributed by atoms with Crippen molar-refractivity contribution in [1.82, 2.24) is 4.98 Å². The minimum absolute atomic E-state index is 0.182. The lowest BCUT2D eigenvalue weighted by atomic mass is 10.1. The van der Waals surface area contributed by atoms with Gasteiger partial charge >= 0.3 is 12.1 Å². The van der Waals surface area contributed by atoms with Crippen LogP contribution in [-0.4, -0.2) is 21.0 Å². The van der Waals surface area contributed by atoms with Crippen LogP contribution < -0.4 is 0 Å². The predicted molar refractivity (Wildman–Crippen MR) is 56.9 cm³/mol. The highest BCUT2D eigenvalue weighted by Crippen LogP contribution is 2.37. The number of aromatic carboxylic acids is 1. The van der Waals surface area contributed by atoms with E-state index in [0.717, 1.165) is 12.1 Å². The molecule has 0 atom stereocenters. The summed E-state index contributed by atoms with van der Waals surface area (Å²) < 4.78 is 38.3. The third-order valence-electron chi connectivity index (χ3n) is 2.46. The molecule has 6 nitrogen and oxygen atoms in total. The summed E-state index contributed by atoms with van der Waals surface area (Å²) in [5.74, 6) is -1.45. The standard InChI is InChI=1S/C10H5F3N2O4/c11-10(12,13)6-3-5(15(18)19)1-4-2-7(9(16)17)14-8(4)6/h1-3,14H,(H,16,17). The Morgan fingerprint density at radius 2 is 1.95 bits per heavy atom. The summed E-state index contributed by atoms with van der Waals surface area (Å²) in [4.78, 5) is 22.4. The molecule has 0 bridgehead atoms. The highest BCUT2D eigenvalue weighted by atomic mass is 19.4. The summed E-state index contributed by atoms with van der Waals surface area (Å²) in [5.41, 5.74) is -2.99. The van der Waals surface area contributed by atoms with Crippen molar-refractivity contribution >= 4 is 22.6 Å². The lowest BCUT2D eigenvalue weighted by Crippen LogP contribution is -2.07. The number of rotatable bonds is 2. The lowest BCUT2D eigenvalue weighted by molar-refractivity contribution is -0.385. The number of benzene rings is 1. The van der Waals surface area contributed by atoms with E-state index in [1.165, 1.54) is 0 Å². The smallest absolute Gasteiger partial charge is 0.418 e. The zero-order valence-corrected chi connectivity index (χ0v) is 8.99. The van der Waals surface area contributed by atoms with Crippen LogP contribution in [0, 0.1) is 10.1 Å². The van der Waals surface area contributed by atoms with Gasteiger partial charge in [0.2, 0.25) is 0 Å². The van der Waals surface area contributed by atoms with Crippen molar-refractivity contribution in [1.29, 1.82) is 0 Å².